The maximum Gasteiger partial charge on any atom is 0.490 e. The van der Waals surface area contributed by atoms with Gasteiger partial charge in [-0.05, 0) is 29.9 Å². The molecule has 184 valence electrons. The van der Waals surface area contributed by atoms with E-state index in [4.69, 9.17) is 19.4 Å². The molecule has 10 heteroatoms. The van der Waals surface area contributed by atoms with E-state index in [1.54, 1.807) is 7.11 Å². The molecule has 1 aromatic carbocycles. The lowest BCUT2D eigenvalue weighted by Gasteiger charge is -2.23. The summed E-state index contributed by atoms with van der Waals surface area (Å²) in [5.74, 6) is -1.56. The number of halogens is 3. The Hall–Kier alpha value is -2.17. The topological polar surface area (TPSA) is 79.3 Å². The molecule has 4 rings (SSSR count). The maximum atomic E-state index is 12.9. The number of aliphatic carboxylic acids is 1. The Morgan fingerprint density at radius 2 is 1.79 bits per heavy atom. The quantitative estimate of drug-likeness (QED) is 0.708. The number of fused-ring (bicyclic) bond motifs is 2. The van der Waals surface area contributed by atoms with Gasteiger partial charge in [0.2, 0.25) is 5.91 Å². The van der Waals surface area contributed by atoms with Crippen molar-refractivity contribution in [3.8, 4) is 0 Å². The molecule has 2 saturated heterocycles. The number of hydrogen-bond acceptors (Lipinski definition) is 5. The summed E-state index contributed by atoms with van der Waals surface area (Å²) < 4.78 is 43.0. The molecule has 1 aromatic rings. The van der Waals surface area contributed by atoms with Crippen LogP contribution in [0.4, 0.5) is 13.2 Å². The van der Waals surface area contributed by atoms with E-state index in [1.165, 1.54) is 11.1 Å². The van der Waals surface area contributed by atoms with Gasteiger partial charge in [0.25, 0.3) is 0 Å². The molecule has 2 fully saturated rings. The minimum Gasteiger partial charge on any atom is -0.475 e. The fourth-order valence-electron chi connectivity index (χ4n) is 4.76. The van der Waals surface area contributed by atoms with Crippen molar-refractivity contribution in [2.24, 2.45) is 11.8 Å². The molecule has 7 nitrogen and oxygen atoms in total. The first-order valence-electron chi connectivity index (χ1n) is 11.1. The molecular weight excluding hydrogens is 441 g/mol. The summed E-state index contributed by atoms with van der Waals surface area (Å²) >= 11 is 0. The number of carbonyl (C=O) groups excluding carboxylic acids is 1. The number of amides is 1. The third kappa shape index (κ3) is 7.15. The van der Waals surface area contributed by atoms with Gasteiger partial charge in [-0.3, -0.25) is 9.69 Å². The lowest BCUT2D eigenvalue weighted by molar-refractivity contribution is -0.192. The number of hydrogen-bond donors (Lipinski definition) is 1. The SMILES string of the molecule is COCCN1CCO[C@@H]2CN(C(=O)CC3Cc4ccccc4C3)C[C@@H]2C1.O=C(O)C(F)(F)F. The highest BCUT2D eigenvalue weighted by atomic mass is 19.4. The van der Waals surface area contributed by atoms with Gasteiger partial charge in [0.05, 0.1) is 19.3 Å². The van der Waals surface area contributed by atoms with Crippen molar-refractivity contribution in [1.29, 1.82) is 0 Å². The summed E-state index contributed by atoms with van der Waals surface area (Å²) in [5.41, 5.74) is 2.85. The smallest absolute Gasteiger partial charge is 0.475 e. The number of carboxylic acids is 1. The largest absolute Gasteiger partial charge is 0.490 e. The van der Waals surface area contributed by atoms with Crippen LogP contribution in [0, 0.1) is 11.8 Å². The van der Waals surface area contributed by atoms with Crippen molar-refractivity contribution in [3.05, 3.63) is 35.4 Å². The van der Waals surface area contributed by atoms with E-state index in [0.717, 1.165) is 58.8 Å². The van der Waals surface area contributed by atoms with Gasteiger partial charge in [-0.15, -0.1) is 0 Å². The van der Waals surface area contributed by atoms with E-state index in [2.05, 4.69) is 34.1 Å². The molecule has 0 aromatic heterocycles. The second kappa shape index (κ2) is 11.3. The monoisotopic (exact) mass is 472 g/mol. The molecule has 0 saturated carbocycles. The number of nitrogens with zero attached hydrogens (tertiary/aromatic N) is 2. The maximum absolute atomic E-state index is 12.9. The Labute approximate surface area is 191 Å². The van der Waals surface area contributed by atoms with E-state index in [1.807, 2.05) is 0 Å². The molecule has 0 bridgehead atoms. The second-order valence-corrected chi connectivity index (χ2v) is 8.81. The zero-order valence-corrected chi connectivity index (χ0v) is 18.7. The molecule has 2 aliphatic heterocycles. The van der Waals surface area contributed by atoms with Crippen molar-refractivity contribution in [2.75, 3.05) is 53.0 Å². The van der Waals surface area contributed by atoms with Crippen molar-refractivity contribution in [3.63, 3.8) is 0 Å². The number of carbonyl (C=O) groups is 2. The van der Waals surface area contributed by atoms with E-state index in [9.17, 15) is 18.0 Å². The van der Waals surface area contributed by atoms with Crippen molar-refractivity contribution >= 4 is 11.9 Å². The van der Waals surface area contributed by atoms with Crippen LogP contribution in [-0.2, 0) is 31.9 Å². The molecule has 1 aliphatic carbocycles. The Morgan fingerprint density at radius 1 is 1.15 bits per heavy atom. The van der Waals surface area contributed by atoms with E-state index >= 15 is 0 Å². The van der Waals surface area contributed by atoms with Gasteiger partial charge in [0, 0.05) is 52.2 Å². The second-order valence-electron chi connectivity index (χ2n) is 8.81. The first-order valence-corrected chi connectivity index (χ1v) is 11.1. The Bertz CT molecular complexity index is 793. The van der Waals surface area contributed by atoms with Crippen LogP contribution in [0.3, 0.4) is 0 Å². The molecule has 0 spiro atoms. The number of benzene rings is 1. The highest BCUT2D eigenvalue weighted by Crippen LogP contribution is 2.30. The minimum atomic E-state index is -5.08. The lowest BCUT2D eigenvalue weighted by Crippen LogP contribution is -2.36. The Balaban J connectivity index is 0.000000383. The van der Waals surface area contributed by atoms with Crippen molar-refractivity contribution < 1.29 is 37.3 Å². The number of alkyl halides is 3. The van der Waals surface area contributed by atoms with Crippen molar-refractivity contribution in [2.45, 2.75) is 31.5 Å². The molecule has 0 radical (unpaired) electrons. The summed E-state index contributed by atoms with van der Waals surface area (Å²) in [6.07, 6.45) is -2.12. The average molecular weight is 473 g/mol. The molecule has 1 N–H and O–H groups in total. The van der Waals surface area contributed by atoms with E-state index in [0.29, 0.717) is 24.2 Å². The molecule has 1 amide bonds. The summed E-state index contributed by atoms with van der Waals surface area (Å²) in [4.78, 5) is 26.2. The van der Waals surface area contributed by atoms with Gasteiger partial charge >= 0.3 is 12.1 Å². The lowest BCUT2D eigenvalue weighted by atomic mass is 10.0. The molecule has 3 aliphatic rings. The van der Waals surface area contributed by atoms with Crippen LogP contribution >= 0.6 is 0 Å². The summed E-state index contributed by atoms with van der Waals surface area (Å²) in [6.45, 7) is 6.02. The number of ether oxygens (including phenoxy) is 2. The minimum absolute atomic E-state index is 0.201. The molecular formula is C23H31F3N2O5. The predicted molar refractivity (Wildman–Crippen MR) is 114 cm³/mol. The van der Waals surface area contributed by atoms with E-state index in [-0.39, 0.29) is 6.10 Å². The van der Waals surface area contributed by atoms with E-state index < -0.39 is 12.1 Å². The van der Waals surface area contributed by atoms with Crippen LogP contribution in [0.25, 0.3) is 0 Å². The predicted octanol–water partition coefficient (Wildman–Crippen LogP) is 2.23. The fourth-order valence-corrected chi connectivity index (χ4v) is 4.76. The van der Waals surface area contributed by atoms with Gasteiger partial charge in [0.1, 0.15) is 0 Å². The third-order valence-electron chi connectivity index (χ3n) is 6.42. The number of rotatable bonds is 5. The van der Waals surface area contributed by atoms with Gasteiger partial charge in [-0.2, -0.15) is 13.2 Å². The van der Waals surface area contributed by atoms with Gasteiger partial charge in [-0.25, -0.2) is 4.79 Å². The highest BCUT2D eigenvalue weighted by molar-refractivity contribution is 5.77. The first-order chi connectivity index (χ1) is 15.7. The van der Waals surface area contributed by atoms with Gasteiger partial charge in [-0.1, -0.05) is 24.3 Å². The zero-order chi connectivity index (χ0) is 24.0. The molecule has 2 atom stereocenters. The average Bonchev–Trinajstić information content (AvgIpc) is 3.30. The summed E-state index contributed by atoms with van der Waals surface area (Å²) in [5, 5.41) is 7.12. The Morgan fingerprint density at radius 3 is 2.36 bits per heavy atom. The third-order valence-corrected chi connectivity index (χ3v) is 6.42. The van der Waals surface area contributed by atoms with Crippen molar-refractivity contribution in [1.82, 2.24) is 9.80 Å². The van der Waals surface area contributed by atoms with Crippen LogP contribution in [0.2, 0.25) is 0 Å². The summed E-state index contributed by atoms with van der Waals surface area (Å²) in [7, 11) is 1.74. The Kier molecular flexibility index (Phi) is 8.72. The van der Waals surface area contributed by atoms with Gasteiger partial charge in [0.15, 0.2) is 0 Å². The van der Waals surface area contributed by atoms with Crippen LogP contribution in [-0.4, -0.2) is 92.1 Å². The number of carboxylic acid groups (broad SMARTS) is 1. The van der Waals surface area contributed by atoms with Crippen LogP contribution in [0.5, 0.6) is 0 Å². The van der Waals surface area contributed by atoms with Crippen LogP contribution in [0.1, 0.15) is 17.5 Å². The molecule has 33 heavy (non-hydrogen) atoms. The zero-order valence-electron chi connectivity index (χ0n) is 18.7. The standard InChI is InChI=1S/C21H30N2O3.C2HF3O2/c1-25-8-6-22-7-9-26-20-15-23(14-19(20)13-22)21(24)12-16-10-17-4-2-3-5-18(17)11-16;3-2(4,5)1(6)7/h2-5,16,19-20H,6-15H2,1H3;(H,6,7)/t19-,20+;/m0./s1. The highest BCUT2D eigenvalue weighted by Gasteiger charge is 2.39. The normalized spacial score (nSPS) is 23.3. The molecule has 2 heterocycles. The first kappa shape index (κ1) is 25.5. The van der Waals surface area contributed by atoms with Crippen LogP contribution in [0.15, 0.2) is 24.3 Å². The summed E-state index contributed by atoms with van der Waals surface area (Å²) in [6, 6.07) is 8.61. The number of likely N-dealkylation sites (tertiary alicyclic amines) is 1. The van der Waals surface area contributed by atoms with Crippen LogP contribution < -0.4 is 0 Å². The fraction of sp³-hybridized carbons (Fsp3) is 0.652. The number of methoxy groups -OCH3 is 1. The molecule has 0 unspecified atom stereocenters. The van der Waals surface area contributed by atoms with Gasteiger partial charge < -0.3 is 19.5 Å².